The first kappa shape index (κ1) is 16.7. The summed E-state index contributed by atoms with van der Waals surface area (Å²) < 4.78 is 10.8. The van der Waals surface area contributed by atoms with Gasteiger partial charge in [0.1, 0.15) is 0 Å². The summed E-state index contributed by atoms with van der Waals surface area (Å²) in [5.74, 6) is 2.56. The first-order valence-corrected chi connectivity index (χ1v) is 9.30. The maximum atomic E-state index is 12.1. The second-order valence-corrected chi connectivity index (χ2v) is 7.43. The summed E-state index contributed by atoms with van der Waals surface area (Å²) in [6.07, 6.45) is 2.53. The highest BCUT2D eigenvalue weighted by molar-refractivity contribution is 5.78. The summed E-state index contributed by atoms with van der Waals surface area (Å²) in [5, 5.41) is 3.14. The molecule has 2 heterocycles. The molecule has 25 heavy (non-hydrogen) atoms. The zero-order valence-electron chi connectivity index (χ0n) is 14.9. The number of carbonyl (C=O) groups is 1. The van der Waals surface area contributed by atoms with Crippen LogP contribution in [0.1, 0.15) is 25.3 Å². The van der Waals surface area contributed by atoms with E-state index in [0.717, 1.165) is 44.2 Å². The van der Waals surface area contributed by atoms with E-state index in [2.05, 4.69) is 34.2 Å². The minimum atomic E-state index is 0.170. The second kappa shape index (κ2) is 7.22. The van der Waals surface area contributed by atoms with E-state index >= 15 is 0 Å². The van der Waals surface area contributed by atoms with Gasteiger partial charge in [0.05, 0.1) is 6.54 Å². The Labute approximate surface area is 149 Å². The minimum absolute atomic E-state index is 0.170. The zero-order chi connectivity index (χ0) is 17.2. The van der Waals surface area contributed by atoms with Gasteiger partial charge in [-0.2, -0.15) is 0 Å². The number of hydrogen-bond acceptors (Lipinski definition) is 5. The van der Waals surface area contributed by atoms with Crippen molar-refractivity contribution in [2.24, 2.45) is 5.92 Å². The molecule has 1 saturated heterocycles. The third kappa shape index (κ3) is 4.25. The summed E-state index contributed by atoms with van der Waals surface area (Å²) in [4.78, 5) is 16.8. The summed E-state index contributed by atoms with van der Waals surface area (Å²) in [6.45, 7) is 7.73. The fourth-order valence-corrected chi connectivity index (χ4v) is 3.62. The Kier molecular flexibility index (Phi) is 4.81. The fourth-order valence-electron chi connectivity index (χ4n) is 3.62. The van der Waals surface area contributed by atoms with Crippen LogP contribution in [0.2, 0.25) is 0 Å². The lowest BCUT2D eigenvalue weighted by atomic mass is 10.1. The molecular weight excluding hydrogens is 318 g/mol. The van der Waals surface area contributed by atoms with Crippen molar-refractivity contribution < 1.29 is 14.3 Å². The molecule has 1 amide bonds. The van der Waals surface area contributed by atoms with Gasteiger partial charge in [0.25, 0.3) is 0 Å². The maximum absolute atomic E-state index is 12.1. The van der Waals surface area contributed by atoms with E-state index in [1.54, 1.807) is 0 Å². The van der Waals surface area contributed by atoms with Crippen molar-refractivity contribution in [3.05, 3.63) is 23.8 Å². The molecule has 1 aromatic rings. The summed E-state index contributed by atoms with van der Waals surface area (Å²) >= 11 is 0. The topological polar surface area (TPSA) is 54.0 Å². The molecular formula is C19H27N3O3. The predicted octanol–water partition coefficient (Wildman–Crippen LogP) is 1.45. The Morgan fingerprint density at radius 1 is 1.16 bits per heavy atom. The molecule has 2 aliphatic heterocycles. The molecule has 0 radical (unpaired) electrons. The van der Waals surface area contributed by atoms with Crippen LogP contribution in [-0.2, 0) is 11.3 Å². The smallest absolute Gasteiger partial charge is 0.234 e. The van der Waals surface area contributed by atoms with Crippen LogP contribution in [0.4, 0.5) is 0 Å². The van der Waals surface area contributed by atoms with Gasteiger partial charge < -0.3 is 14.8 Å². The van der Waals surface area contributed by atoms with Gasteiger partial charge in [-0.15, -0.1) is 0 Å². The van der Waals surface area contributed by atoms with Crippen LogP contribution in [0.25, 0.3) is 0 Å². The summed E-state index contributed by atoms with van der Waals surface area (Å²) in [7, 11) is 0. The SMILES string of the molecule is C[C@@H](NC(=O)CN1CCN(Cc2ccc3c(c2)OCO3)CC1)C1CC1. The number of piperazine rings is 1. The number of ether oxygens (including phenoxy) is 2. The Morgan fingerprint density at radius 2 is 1.88 bits per heavy atom. The highest BCUT2D eigenvalue weighted by atomic mass is 16.7. The van der Waals surface area contributed by atoms with Crippen molar-refractivity contribution in [1.29, 1.82) is 0 Å². The van der Waals surface area contributed by atoms with Crippen LogP contribution in [0, 0.1) is 5.92 Å². The molecule has 1 atom stereocenters. The monoisotopic (exact) mass is 345 g/mol. The molecule has 3 aliphatic rings. The summed E-state index contributed by atoms with van der Waals surface area (Å²) in [5.41, 5.74) is 1.24. The van der Waals surface area contributed by atoms with Crippen molar-refractivity contribution in [3.8, 4) is 11.5 Å². The lowest BCUT2D eigenvalue weighted by molar-refractivity contribution is -0.123. The molecule has 0 aromatic heterocycles. The van der Waals surface area contributed by atoms with Crippen LogP contribution in [-0.4, -0.2) is 61.3 Å². The van der Waals surface area contributed by atoms with Gasteiger partial charge in [0.15, 0.2) is 11.5 Å². The molecule has 6 nitrogen and oxygen atoms in total. The van der Waals surface area contributed by atoms with Gasteiger partial charge in [-0.1, -0.05) is 6.07 Å². The van der Waals surface area contributed by atoms with Crippen LogP contribution in [0.5, 0.6) is 11.5 Å². The number of amides is 1. The van der Waals surface area contributed by atoms with Crippen LogP contribution >= 0.6 is 0 Å². The van der Waals surface area contributed by atoms with Gasteiger partial charge in [-0.3, -0.25) is 14.6 Å². The maximum Gasteiger partial charge on any atom is 0.234 e. The molecule has 2 fully saturated rings. The summed E-state index contributed by atoms with van der Waals surface area (Å²) in [6, 6.07) is 6.49. The quantitative estimate of drug-likeness (QED) is 0.846. The highest BCUT2D eigenvalue weighted by Gasteiger charge is 2.29. The molecule has 1 aliphatic carbocycles. The largest absolute Gasteiger partial charge is 0.454 e. The van der Waals surface area contributed by atoms with Crippen molar-refractivity contribution in [3.63, 3.8) is 0 Å². The van der Waals surface area contributed by atoms with Gasteiger partial charge in [0.2, 0.25) is 12.7 Å². The number of carbonyl (C=O) groups excluding carboxylic acids is 1. The normalized spacial score (nSPS) is 22.0. The molecule has 1 N–H and O–H groups in total. The van der Waals surface area contributed by atoms with Crippen molar-refractivity contribution in [1.82, 2.24) is 15.1 Å². The molecule has 0 unspecified atom stereocenters. The van der Waals surface area contributed by atoms with E-state index in [9.17, 15) is 4.79 Å². The number of rotatable bonds is 6. The Bertz CT molecular complexity index is 624. The highest BCUT2D eigenvalue weighted by Crippen LogP contribution is 2.33. The van der Waals surface area contributed by atoms with E-state index in [1.165, 1.54) is 18.4 Å². The fraction of sp³-hybridized carbons (Fsp3) is 0.632. The number of fused-ring (bicyclic) bond motifs is 1. The van der Waals surface area contributed by atoms with E-state index in [0.29, 0.717) is 25.3 Å². The van der Waals surface area contributed by atoms with Gasteiger partial charge >= 0.3 is 0 Å². The van der Waals surface area contributed by atoms with E-state index in [1.807, 2.05) is 6.07 Å². The molecule has 0 spiro atoms. The van der Waals surface area contributed by atoms with Crippen molar-refractivity contribution in [2.75, 3.05) is 39.5 Å². The van der Waals surface area contributed by atoms with E-state index in [4.69, 9.17) is 9.47 Å². The number of nitrogens with zero attached hydrogens (tertiary/aromatic N) is 2. The van der Waals surface area contributed by atoms with Crippen LogP contribution in [0.15, 0.2) is 18.2 Å². The van der Waals surface area contributed by atoms with Crippen LogP contribution in [0.3, 0.4) is 0 Å². The minimum Gasteiger partial charge on any atom is -0.454 e. The second-order valence-electron chi connectivity index (χ2n) is 7.43. The standard InChI is InChI=1S/C19H27N3O3/c1-14(16-3-4-16)20-19(23)12-22-8-6-21(7-9-22)11-15-2-5-17-18(10-15)25-13-24-17/h2,5,10,14,16H,3-4,6-9,11-13H2,1H3,(H,20,23)/t14-/m1/s1. The van der Waals surface area contributed by atoms with Gasteiger partial charge in [0, 0.05) is 38.8 Å². The first-order chi connectivity index (χ1) is 12.2. The third-order valence-corrected chi connectivity index (χ3v) is 5.39. The molecule has 0 bridgehead atoms. The number of nitrogens with one attached hydrogen (secondary N) is 1. The first-order valence-electron chi connectivity index (χ1n) is 9.30. The predicted molar refractivity (Wildman–Crippen MR) is 94.6 cm³/mol. The average molecular weight is 345 g/mol. The Balaban J connectivity index is 1.21. The van der Waals surface area contributed by atoms with Crippen molar-refractivity contribution >= 4 is 5.91 Å². The molecule has 6 heteroatoms. The molecule has 136 valence electrons. The third-order valence-electron chi connectivity index (χ3n) is 5.39. The number of benzene rings is 1. The van der Waals surface area contributed by atoms with Crippen LogP contribution < -0.4 is 14.8 Å². The van der Waals surface area contributed by atoms with Gasteiger partial charge in [-0.05, 0) is 43.4 Å². The number of hydrogen-bond donors (Lipinski definition) is 1. The van der Waals surface area contributed by atoms with Crippen molar-refractivity contribution in [2.45, 2.75) is 32.4 Å². The lowest BCUT2D eigenvalue weighted by Gasteiger charge is -2.34. The Hall–Kier alpha value is -1.79. The zero-order valence-corrected chi connectivity index (χ0v) is 14.9. The average Bonchev–Trinajstić information content (AvgIpc) is 3.35. The molecule has 1 aromatic carbocycles. The Morgan fingerprint density at radius 3 is 2.64 bits per heavy atom. The lowest BCUT2D eigenvalue weighted by Crippen LogP contribution is -2.50. The van der Waals surface area contributed by atoms with E-state index in [-0.39, 0.29) is 5.91 Å². The van der Waals surface area contributed by atoms with E-state index < -0.39 is 0 Å². The molecule has 4 rings (SSSR count). The van der Waals surface area contributed by atoms with Gasteiger partial charge in [-0.25, -0.2) is 0 Å². The molecule has 1 saturated carbocycles.